The number of urea groups is 1. The number of rotatable bonds is 10. The number of carbonyl (C=O) groups excluding carboxylic acids is 5. The van der Waals surface area contributed by atoms with Crippen LogP contribution in [-0.2, 0) is 29.8 Å². The lowest BCUT2D eigenvalue weighted by Gasteiger charge is -2.18. The van der Waals surface area contributed by atoms with Crippen LogP contribution < -0.4 is 32.1 Å². The first-order chi connectivity index (χ1) is 27.3. The zero-order valence-corrected chi connectivity index (χ0v) is 31.7. The number of hydrogen-bond donors (Lipinski definition) is 8. The highest BCUT2D eigenvalue weighted by atomic mass is 32.2. The van der Waals surface area contributed by atoms with E-state index in [2.05, 4.69) is 42.3 Å². The summed E-state index contributed by atoms with van der Waals surface area (Å²) in [6.07, 6.45) is 2.01. The molecule has 4 aromatic rings. The van der Waals surface area contributed by atoms with Gasteiger partial charge >= 0.3 is 6.03 Å². The molecule has 0 aromatic heterocycles. The maximum absolute atomic E-state index is 13.4. The molecule has 0 fully saturated rings. The highest BCUT2D eigenvalue weighted by Gasteiger charge is 2.34. The van der Waals surface area contributed by atoms with Crippen LogP contribution in [0.2, 0.25) is 0 Å². The number of ketones is 2. The fourth-order valence-corrected chi connectivity index (χ4v) is 6.95. The second-order valence-electron chi connectivity index (χ2n) is 12.5. The summed E-state index contributed by atoms with van der Waals surface area (Å²) in [7, 11) is -9.97. The van der Waals surface area contributed by atoms with E-state index in [1.165, 1.54) is 74.5 Å². The summed E-state index contributed by atoms with van der Waals surface area (Å²) in [6, 6.07) is 19.3. The number of benzene rings is 4. The molecular formula is C37H30N8O11S2. The molecule has 4 aromatic carbocycles. The Morgan fingerprint density at radius 3 is 1.16 bits per heavy atom. The number of hydrogen-bond acceptors (Lipinski definition) is 13. The zero-order chi connectivity index (χ0) is 41.9. The van der Waals surface area contributed by atoms with Crippen molar-refractivity contribution in [1.82, 2.24) is 0 Å². The van der Waals surface area contributed by atoms with E-state index in [9.17, 15) is 49.9 Å². The topological polar surface area (TPSA) is 291 Å². The molecule has 0 atom stereocenters. The molecule has 0 saturated carbocycles. The van der Waals surface area contributed by atoms with Gasteiger partial charge in [0.05, 0.1) is 11.4 Å². The van der Waals surface area contributed by atoms with Crippen LogP contribution in [0.5, 0.6) is 0 Å². The van der Waals surface area contributed by atoms with Gasteiger partial charge in [-0.1, -0.05) is 0 Å². The molecule has 0 radical (unpaired) electrons. The molecule has 0 heterocycles. The summed E-state index contributed by atoms with van der Waals surface area (Å²) in [5.74, 6) is -2.29. The number of anilines is 6. The summed E-state index contributed by atoms with van der Waals surface area (Å²) in [6.45, 7) is 2.67. The normalized spacial score (nSPS) is 15.0. The molecule has 296 valence electrons. The highest BCUT2D eigenvalue weighted by molar-refractivity contribution is 7.91. The molecule has 0 bridgehead atoms. The first kappa shape index (κ1) is 40.3. The first-order valence-electron chi connectivity index (χ1n) is 16.6. The standard InChI is InChI=1S/C37H30N8O11S2/c1-19(46)38-23-3-7-25(8-4-23)42-44-33-31(57(51,52)53)17-21-15-27(11-13-29(21)35(33)48)40-37(50)41-28-12-14-30-22(16-28)18-32(58(54,55)56)34(36(30)49)45-43-26-9-5-24(6-10-26)39-20(2)47/h3-18,42-43H,1-2H3,(H,38,46)(H,39,47)(H2,40,41,50)(H,51,52,53)(H,54,55,56)/b44-33-,45-34-. The monoisotopic (exact) mass is 826 g/mol. The molecule has 21 heteroatoms. The van der Waals surface area contributed by atoms with E-state index in [-0.39, 0.29) is 45.4 Å². The van der Waals surface area contributed by atoms with E-state index in [0.29, 0.717) is 22.7 Å². The van der Waals surface area contributed by atoms with Gasteiger partial charge in [0, 0.05) is 47.7 Å². The summed E-state index contributed by atoms with van der Waals surface area (Å²) in [5, 5.41) is 18.1. The van der Waals surface area contributed by atoms with Crippen LogP contribution >= 0.6 is 0 Å². The summed E-state index contributed by atoms with van der Waals surface area (Å²) in [5.41, 5.74) is 5.75. The van der Waals surface area contributed by atoms with E-state index in [0.717, 1.165) is 12.2 Å². The number of fused-ring (bicyclic) bond motifs is 2. The van der Waals surface area contributed by atoms with Gasteiger partial charge in [0.2, 0.25) is 23.4 Å². The second kappa shape index (κ2) is 16.0. The maximum Gasteiger partial charge on any atom is 0.323 e. The SMILES string of the molecule is CC(=O)Nc1ccc(N/N=C2\C(=O)c3ccc(NC(=O)Nc4ccc5c(c4)C=C(S(=O)(=O)O)/C(=N/Nc4ccc(NC(C)=O)cc4)C5=O)cc3C=C2S(=O)(=O)O)cc1. The molecule has 0 spiro atoms. The predicted molar refractivity (Wildman–Crippen MR) is 217 cm³/mol. The Morgan fingerprint density at radius 2 is 0.828 bits per heavy atom. The largest absolute Gasteiger partial charge is 0.326 e. The van der Waals surface area contributed by atoms with Crippen molar-refractivity contribution >= 4 is 107 Å². The Labute approximate surface area is 329 Å². The molecule has 2 aliphatic rings. The molecule has 0 saturated heterocycles. The lowest BCUT2D eigenvalue weighted by atomic mass is 9.94. The Morgan fingerprint density at radius 1 is 0.500 bits per heavy atom. The van der Waals surface area contributed by atoms with Crippen molar-refractivity contribution in [3.05, 3.63) is 117 Å². The Hall–Kier alpha value is -7.33. The van der Waals surface area contributed by atoms with Crippen LogP contribution in [0.1, 0.15) is 45.7 Å². The van der Waals surface area contributed by atoms with Crippen LogP contribution in [0.15, 0.2) is 105 Å². The van der Waals surface area contributed by atoms with E-state index in [1.807, 2.05) is 0 Å². The third-order valence-corrected chi connectivity index (χ3v) is 9.87. The highest BCUT2D eigenvalue weighted by Crippen LogP contribution is 2.30. The molecule has 2 aliphatic carbocycles. The van der Waals surface area contributed by atoms with Crippen LogP contribution in [-0.4, -0.2) is 66.8 Å². The molecule has 6 rings (SSSR count). The Bertz CT molecular complexity index is 2590. The van der Waals surface area contributed by atoms with Crippen molar-refractivity contribution in [1.29, 1.82) is 0 Å². The number of nitrogens with one attached hydrogen (secondary N) is 6. The van der Waals surface area contributed by atoms with Crippen molar-refractivity contribution in [3.63, 3.8) is 0 Å². The van der Waals surface area contributed by atoms with Crippen LogP contribution in [0, 0.1) is 0 Å². The van der Waals surface area contributed by atoms with Crippen LogP contribution in [0.4, 0.5) is 38.9 Å². The van der Waals surface area contributed by atoms with Crippen molar-refractivity contribution in [2.24, 2.45) is 10.2 Å². The minimum absolute atomic E-state index is 0.00123. The van der Waals surface area contributed by atoms with Gasteiger partial charge in [-0.25, -0.2) is 4.79 Å². The van der Waals surface area contributed by atoms with E-state index in [4.69, 9.17) is 0 Å². The van der Waals surface area contributed by atoms with Crippen molar-refractivity contribution in [2.45, 2.75) is 13.8 Å². The smallest absolute Gasteiger partial charge is 0.323 e. The van der Waals surface area contributed by atoms with Crippen molar-refractivity contribution < 1.29 is 49.9 Å². The predicted octanol–water partition coefficient (Wildman–Crippen LogP) is 5.03. The Kier molecular flexibility index (Phi) is 11.1. The number of hydrazone groups is 2. The lowest BCUT2D eigenvalue weighted by molar-refractivity contribution is -0.115. The van der Waals surface area contributed by atoms with Gasteiger partial charge in [0.15, 0.2) is 11.4 Å². The average molecular weight is 827 g/mol. The quantitative estimate of drug-likeness (QED) is 0.0770. The molecule has 0 unspecified atom stereocenters. The average Bonchev–Trinajstić information content (AvgIpc) is 3.13. The fraction of sp³-hybridized carbons (Fsp3) is 0.0541. The van der Waals surface area contributed by atoms with Gasteiger partial charge < -0.3 is 21.3 Å². The number of carbonyl (C=O) groups is 5. The molecule has 19 nitrogen and oxygen atoms in total. The van der Waals surface area contributed by atoms with Gasteiger partial charge in [0.25, 0.3) is 20.2 Å². The lowest BCUT2D eigenvalue weighted by Crippen LogP contribution is -2.27. The van der Waals surface area contributed by atoms with E-state index in [1.54, 1.807) is 24.3 Å². The van der Waals surface area contributed by atoms with Gasteiger partial charge in [-0.3, -0.25) is 39.1 Å². The van der Waals surface area contributed by atoms with Gasteiger partial charge in [0.1, 0.15) is 9.81 Å². The minimum atomic E-state index is -4.98. The summed E-state index contributed by atoms with van der Waals surface area (Å²) in [4.78, 5) is 60.7. The van der Waals surface area contributed by atoms with Gasteiger partial charge in [-0.05, 0) is 108 Å². The molecular weight excluding hydrogens is 797 g/mol. The summed E-state index contributed by atoms with van der Waals surface area (Å²) < 4.78 is 69.3. The Balaban J connectivity index is 1.18. The zero-order valence-electron chi connectivity index (χ0n) is 30.0. The van der Waals surface area contributed by atoms with E-state index >= 15 is 0 Å². The number of Topliss-reactive ketones (excluding diaryl/α,β-unsaturated/α-hetero) is 2. The van der Waals surface area contributed by atoms with Crippen molar-refractivity contribution in [3.8, 4) is 0 Å². The van der Waals surface area contributed by atoms with Crippen molar-refractivity contribution in [2.75, 3.05) is 32.1 Å². The fourth-order valence-electron chi connectivity index (χ4n) is 5.63. The molecule has 4 amide bonds. The second-order valence-corrected chi connectivity index (χ2v) is 15.3. The maximum atomic E-state index is 13.4. The summed E-state index contributed by atoms with van der Waals surface area (Å²) >= 11 is 0. The molecule has 0 aliphatic heterocycles. The first-order valence-corrected chi connectivity index (χ1v) is 19.5. The third-order valence-electron chi connectivity index (χ3n) is 8.14. The van der Waals surface area contributed by atoms with Gasteiger partial charge in [-0.15, -0.1) is 0 Å². The third kappa shape index (κ3) is 9.37. The van der Waals surface area contributed by atoms with E-state index < -0.39 is 59.1 Å². The molecule has 58 heavy (non-hydrogen) atoms. The molecule has 8 N–H and O–H groups in total. The minimum Gasteiger partial charge on any atom is -0.326 e. The van der Waals surface area contributed by atoms with Crippen LogP contribution in [0.3, 0.4) is 0 Å². The van der Waals surface area contributed by atoms with Crippen LogP contribution in [0.25, 0.3) is 12.2 Å². The number of nitrogens with zero attached hydrogens (tertiary/aromatic N) is 2. The number of amides is 4. The number of allylic oxidation sites excluding steroid dienone is 2. The van der Waals surface area contributed by atoms with Gasteiger partial charge in [-0.2, -0.15) is 27.0 Å².